The van der Waals surface area contributed by atoms with Crippen molar-refractivity contribution in [2.24, 2.45) is 0 Å². The molecule has 0 heterocycles. The van der Waals surface area contributed by atoms with Crippen molar-refractivity contribution in [3.8, 4) is 6.07 Å². The second-order valence-electron chi connectivity index (χ2n) is 2.42. The van der Waals surface area contributed by atoms with Crippen LogP contribution in [-0.2, 0) is 16.5 Å². The minimum atomic E-state index is -2.55. The summed E-state index contributed by atoms with van der Waals surface area (Å²) < 4.78 is 33.4. The zero-order chi connectivity index (χ0) is 9.84. The molecule has 3 nitrogen and oxygen atoms in total. The van der Waals surface area contributed by atoms with Crippen LogP contribution >= 0.6 is 0 Å². The fraction of sp³-hybridized carbons (Fsp3) is 0.125. The summed E-state index contributed by atoms with van der Waals surface area (Å²) >= 11 is 0. The summed E-state index contributed by atoms with van der Waals surface area (Å²) in [5.41, 5.74) is 0.275. The first-order valence-electron chi connectivity index (χ1n) is 3.44. The lowest BCUT2D eigenvalue weighted by Crippen LogP contribution is -1.90. The molecule has 0 aromatic heterocycles. The van der Waals surface area contributed by atoms with Crippen LogP contribution in [0.4, 0.5) is 4.39 Å². The van der Waals surface area contributed by atoms with Gasteiger partial charge in [0.2, 0.25) is 0 Å². The molecule has 5 heteroatoms. The molecule has 1 rings (SSSR count). The Balaban J connectivity index is 3.04. The number of benzene rings is 1. The third-order valence-electron chi connectivity index (χ3n) is 1.47. The Kier molecular flexibility index (Phi) is 2.98. The second-order valence-corrected chi connectivity index (χ2v) is 3.40. The number of nitriles is 1. The highest BCUT2D eigenvalue weighted by Crippen LogP contribution is 2.09. The highest BCUT2D eigenvalue weighted by molar-refractivity contribution is 7.71. The van der Waals surface area contributed by atoms with Gasteiger partial charge in [0.15, 0.2) is 0 Å². The van der Waals surface area contributed by atoms with Crippen LogP contribution in [0.25, 0.3) is 0 Å². The average molecular weight is 199 g/mol. The van der Waals surface area contributed by atoms with E-state index in [0.29, 0.717) is 5.56 Å². The van der Waals surface area contributed by atoms with Crippen molar-refractivity contribution >= 4 is 10.7 Å². The molecule has 1 aromatic carbocycles. The monoisotopic (exact) mass is 199 g/mol. The van der Waals surface area contributed by atoms with Crippen molar-refractivity contribution in [3.05, 3.63) is 35.1 Å². The van der Waals surface area contributed by atoms with E-state index in [-0.39, 0.29) is 11.3 Å². The standard InChI is InChI=1S/C8H6FNO2S/c9-8-3-6(5-13(11)12)1-2-7(8)4-10/h1-3,13H,5H2. The number of rotatable bonds is 2. The van der Waals surface area contributed by atoms with Crippen molar-refractivity contribution in [3.63, 3.8) is 0 Å². The van der Waals surface area contributed by atoms with Gasteiger partial charge in [-0.3, -0.25) is 0 Å². The summed E-state index contributed by atoms with van der Waals surface area (Å²) in [5, 5.41) is 8.38. The van der Waals surface area contributed by atoms with Crippen molar-refractivity contribution in [1.29, 1.82) is 5.26 Å². The van der Waals surface area contributed by atoms with E-state index < -0.39 is 16.5 Å². The lowest BCUT2D eigenvalue weighted by atomic mass is 10.1. The van der Waals surface area contributed by atoms with E-state index in [9.17, 15) is 12.8 Å². The van der Waals surface area contributed by atoms with Crippen LogP contribution in [0.1, 0.15) is 11.1 Å². The van der Waals surface area contributed by atoms with E-state index in [4.69, 9.17) is 5.26 Å². The van der Waals surface area contributed by atoms with Crippen LogP contribution in [0.15, 0.2) is 18.2 Å². The quantitative estimate of drug-likeness (QED) is 0.717. The Hall–Kier alpha value is -1.41. The Morgan fingerprint density at radius 1 is 1.46 bits per heavy atom. The predicted molar refractivity (Wildman–Crippen MR) is 45.1 cm³/mol. The molecule has 0 amide bonds. The first-order valence-corrected chi connectivity index (χ1v) is 4.80. The van der Waals surface area contributed by atoms with Gasteiger partial charge >= 0.3 is 0 Å². The SMILES string of the molecule is N#Cc1ccc(C[SH](=O)=O)cc1F. The fourth-order valence-electron chi connectivity index (χ4n) is 0.897. The van der Waals surface area contributed by atoms with Gasteiger partial charge in [-0.1, -0.05) is 6.07 Å². The molecule has 0 N–H and O–H groups in total. The van der Waals surface area contributed by atoms with Gasteiger partial charge < -0.3 is 0 Å². The van der Waals surface area contributed by atoms with Crippen LogP contribution < -0.4 is 0 Å². The Morgan fingerprint density at radius 3 is 2.62 bits per heavy atom. The molecule has 0 aliphatic carbocycles. The third kappa shape index (κ3) is 2.53. The van der Waals surface area contributed by atoms with Crippen molar-refractivity contribution in [2.45, 2.75) is 5.75 Å². The zero-order valence-corrected chi connectivity index (χ0v) is 7.42. The number of hydrogen-bond acceptors (Lipinski definition) is 3. The topological polar surface area (TPSA) is 57.9 Å². The summed E-state index contributed by atoms with van der Waals surface area (Å²) in [4.78, 5) is 0. The van der Waals surface area contributed by atoms with Gasteiger partial charge in [-0.25, -0.2) is 12.8 Å². The number of halogens is 1. The molecular formula is C8H6FNO2S. The molecule has 1 aromatic rings. The number of nitrogens with zero attached hydrogens (tertiary/aromatic N) is 1. The second kappa shape index (κ2) is 4.01. The van der Waals surface area contributed by atoms with E-state index in [1.54, 1.807) is 6.07 Å². The minimum absolute atomic E-state index is 0.0788. The smallest absolute Gasteiger partial charge is 0.144 e. The molecule has 0 bridgehead atoms. The normalized spacial score (nSPS) is 9.92. The van der Waals surface area contributed by atoms with Gasteiger partial charge in [-0.2, -0.15) is 5.26 Å². The Labute approximate surface area is 76.4 Å². The van der Waals surface area contributed by atoms with Crippen LogP contribution in [0.3, 0.4) is 0 Å². The van der Waals surface area contributed by atoms with Crippen LogP contribution in [0, 0.1) is 17.1 Å². The van der Waals surface area contributed by atoms with Gasteiger partial charge in [-0.05, 0) is 17.7 Å². The van der Waals surface area contributed by atoms with Crippen LogP contribution in [0.5, 0.6) is 0 Å². The zero-order valence-electron chi connectivity index (χ0n) is 6.53. The maximum Gasteiger partial charge on any atom is 0.144 e. The Morgan fingerprint density at radius 2 is 2.15 bits per heavy atom. The molecular weight excluding hydrogens is 193 g/mol. The first-order chi connectivity index (χ1) is 6.13. The summed E-state index contributed by atoms with van der Waals surface area (Å²) in [6.45, 7) is 0. The molecule has 0 unspecified atom stereocenters. The maximum absolute atomic E-state index is 12.9. The molecule has 0 fully saturated rings. The lowest BCUT2D eigenvalue weighted by Gasteiger charge is -1.96. The van der Waals surface area contributed by atoms with Crippen molar-refractivity contribution < 1.29 is 12.8 Å². The van der Waals surface area contributed by atoms with E-state index >= 15 is 0 Å². The van der Waals surface area contributed by atoms with Crippen LogP contribution in [-0.4, -0.2) is 8.42 Å². The molecule has 68 valence electrons. The van der Waals surface area contributed by atoms with Gasteiger partial charge in [0.05, 0.1) is 11.3 Å². The first kappa shape index (κ1) is 9.68. The van der Waals surface area contributed by atoms with Crippen molar-refractivity contribution in [1.82, 2.24) is 0 Å². The highest BCUT2D eigenvalue weighted by Gasteiger charge is 2.02. The van der Waals surface area contributed by atoms with Crippen LogP contribution in [0.2, 0.25) is 0 Å². The summed E-state index contributed by atoms with van der Waals surface area (Å²) in [5.74, 6) is -0.880. The van der Waals surface area contributed by atoms with Crippen molar-refractivity contribution in [2.75, 3.05) is 0 Å². The molecule has 0 saturated carbocycles. The van der Waals surface area contributed by atoms with E-state index in [1.165, 1.54) is 12.1 Å². The van der Waals surface area contributed by atoms with E-state index in [0.717, 1.165) is 6.07 Å². The molecule has 0 spiro atoms. The van der Waals surface area contributed by atoms with Gasteiger partial charge in [-0.15, -0.1) is 0 Å². The molecule has 13 heavy (non-hydrogen) atoms. The van der Waals surface area contributed by atoms with E-state index in [2.05, 4.69) is 0 Å². The fourth-order valence-corrected chi connectivity index (χ4v) is 1.39. The maximum atomic E-state index is 12.9. The summed E-state index contributed by atoms with van der Waals surface area (Å²) in [6.07, 6.45) is 0. The van der Waals surface area contributed by atoms with Gasteiger partial charge in [0.25, 0.3) is 0 Å². The molecule has 0 aliphatic heterocycles. The van der Waals surface area contributed by atoms with Gasteiger partial charge in [0.1, 0.15) is 22.6 Å². The highest BCUT2D eigenvalue weighted by atomic mass is 32.2. The largest absolute Gasteiger partial charge is 0.232 e. The molecule has 0 aliphatic rings. The number of hydrogen-bond donors (Lipinski definition) is 1. The molecule has 0 saturated heterocycles. The predicted octanol–water partition coefficient (Wildman–Crippen LogP) is 0.809. The van der Waals surface area contributed by atoms with Gasteiger partial charge in [0, 0.05) is 0 Å². The summed E-state index contributed by atoms with van der Waals surface area (Å²) in [6, 6.07) is 5.40. The third-order valence-corrected chi connectivity index (χ3v) is 2.09. The summed E-state index contributed by atoms with van der Waals surface area (Å²) in [7, 11) is -2.55. The number of thiol groups is 1. The minimum Gasteiger partial charge on any atom is -0.232 e. The molecule has 0 radical (unpaired) electrons. The Bertz CT molecular complexity index is 426. The average Bonchev–Trinajstić information content (AvgIpc) is 2.03. The van der Waals surface area contributed by atoms with E-state index in [1.807, 2.05) is 0 Å². The molecule has 0 atom stereocenters. The lowest BCUT2D eigenvalue weighted by molar-refractivity contribution is 0.612.